The number of rotatable bonds is 8. The van der Waals surface area contributed by atoms with Crippen LogP contribution in [0.15, 0.2) is 62.4 Å². The lowest BCUT2D eigenvalue weighted by atomic mass is 10.1. The molecule has 198 valence electrons. The molecule has 1 aromatic heterocycles. The molecule has 1 aliphatic rings. The Hall–Kier alpha value is -2.45. The predicted molar refractivity (Wildman–Crippen MR) is 154 cm³/mol. The molecular weight excluding hydrogens is 490 g/mol. The van der Waals surface area contributed by atoms with E-state index >= 15 is 0 Å². The van der Waals surface area contributed by atoms with Crippen LogP contribution in [0.25, 0.3) is 5.57 Å². The highest BCUT2D eigenvalue weighted by atomic mass is 32.2. The summed E-state index contributed by atoms with van der Waals surface area (Å²) < 4.78 is 10.9. The zero-order valence-electron chi connectivity index (χ0n) is 22.9. The third-order valence-corrected chi connectivity index (χ3v) is 6.26. The molecule has 2 N–H and O–H groups in total. The van der Waals surface area contributed by atoms with Crippen molar-refractivity contribution in [1.29, 1.82) is 0 Å². The Morgan fingerprint density at radius 3 is 2.50 bits per heavy atom. The molecule has 0 spiro atoms. The van der Waals surface area contributed by atoms with Gasteiger partial charge in [-0.3, -0.25) is 4.79 Å². The maximum atomic E-state index is 11.9. The van der Waals surface area contributed by atoms with Gasteiger partial charge in [-0.15, -0.1) is 33.7 Å². The van der Waals surface area contributed by atoms with Crippen molar-refractivity contribution in [3.05, 3.63) is 70.4 Å². The summed E-state index contributed by atoms with van der Waals surface area (Å²) in [6.07, 6.45) is 9.72. The molecule has 0 atom stereocenters. The SMILES string of the molecule is CC.CC.CSc1cccc(C2=CC(SCCc3nnc(CC(=O)OC(C)(C)C)o3)=C(N)CC=C2)c1. The van der Waals surface area contributed by atoms with E-state index in [1.807, 2.05) is 48.5 Å². The number of carbonyl (C=O) groups is 1. The van der Waals surface area contributed by atoms with Gasteiger partial charge in [0.15, 0.2) is 0 Å². The summed E-state index contributed by atoms with van der Waals surface area (Å²) in [4.78, 5) is 14.2. The Balaban J connectivity index is 0.00000154. The summed E-state index contributed by atoms with van der Waals surface area (Å²) in [7, 11) is 0. The average molecular weight is 532 g/mol. The molecular formula is C28H41N3O3S2. The number of aromatic nitrogens is 2. The maximum Gasteiger partial charge on any atom is 0.315 e. The minimum Gasteiger partial charge on any atom is -0.460 e. The number of ether oxygens (including phenoxy) is 1. The molecule has 2 aromatic rings. The van der Waals surface area contributed by atoms with Crippen molar-refractivity contribution < 1.29 is 13.9 Å². The van der Waals surface area contributed by atoms with Gasteiger partial charge in [0.1, 0.15) is 12.0 Å². The Morgan fingerprint density at radius 2 is 1.83 bits per heavy atom. The smallest absolute Gasteiger partial charge is 0.315 e. The van der Waals surface area contributed by atoms with Crippen molar-refractivity contribution in [2.24, 2.45) is 5.73 Å². The molecule has 0 unspecified atom stereocenters. The molecule has 36 heavy (non-hydrogen) atoms. The predicted octanol–water partition coefficient (Wildman–Crippen LogP) is 7.22. The molecule has 0 aliphatic heterocycles. The number of nitrogens with zero attached hydrogens (tertiary/aromatic N) is 2. The van der Waals surface area contributed by atoms with E-state index in [4.69, 9.17) is 14.9 Å². The highest BCUT2D eigenvalue weighted by Gasteiger charge is 2.19. The molecule has 6 nitrogen and oxygen atoms in total. The van der Waals surface area contributed by atoms with Crippen LogP contribution in [0.2, 0.25) is 0 Å². The van der Waals surface area contributed by atoms with E-state index in [1.165, 1.54) is 10.5 Å². The number of benzene rings is 1. The standard InChI is InChI=1S/C24H29N3O3S2.2C2H6/c1-24(2,3)30-23(28)15-22-27-26-21(29-22)11-12-32-20-14-17(8-6-10-19(20)25)16-7-5-9-18(13-16)31-4;2*1-2/h5-9,13-14H,10-12,15,25H2,1-4H3;2*1-2H3. The lowest BCUT2D eigenvalue weighted by molar-refractivity contribution is -0.154. The number of carbonyl (C=O) groups excluding carboxylic acids is 1. The van der Waals surface area contributed by atoms with Gasteiger partial charge in [-0.2, -0.15) is 0 Å². The Morgan fingerprint density at radius 1 is 1.14 bits per heavy atom. The summed E-state index contributed by atoms with van der Waals surface area (Å²) in [5.74, 6) is 1.12. The van der Waals surface area contributed by atoms with Crippen molar-refractivity contribution in [1.82, 2.24) is 10.2 Å². The maximum absolute atomic E-state index is 11.9. The summed E-state index contributed by atoms with van der Waals surface area (Å²) in [5.41, 5.74) is 8.94. The highest BCUT2D eigenvalue weighted by Crippen LogP contribution is 2.31. The van der Waals surface area contributed by atoms with E-state index in [1.54, 1.807) is 23.5 Å². The van der Waals surface area contributed by atoms with Gasteiger partial charge in [-0.25, -0.2) is 0 Å². The van der Waals surface area contributed by atoms with Crippen LogP contribution in [-0.4, -0.2) is 33.8 Å². The number of hydrogen-bond donors (Lipinski definition) is 1. The number of nitrogens with two attached hydrogens (primary N) is 1. The molecule has 0 radical (unpaired) electrons. The molecule has 0 saturated heterocycles. The van der Waals surface area contributed by atoms with Crippen LogP contribution >= 0.6 is 23.5 Å². The van der Waals surface area contributed by atoms with Crippen molar-refractivity contribution in [3.63, 3.8) is 0 Å². The minimum atomic E-state index is -0.541. The molecule has 1 aliphatic carbocycles. The van der Waals surface area contributed by atoms with E-state index < -0.39 is 5.60 Å². The molecule has 3 rings (SSSR count). The van der Waals surface area contributed by atoms with Gasteiger partial charge in [-0.05, 0) is 56.4 Å². The molecule has 0 amide bonds. The number of allylic oxidation sites excluding steroid dienone is 4. The second kappa shape index (κ2) is 16.3. The van der Waals surface area contributed by atoms with Crippen molar-refractivity contribution >= 4 is 35.1 Å². The van der Waals surface area contributed by atoms with E-state index in [9.17, 15) is 4.79 Å². The first kappa shape index (κ1) is 31.6. The normalized spacial score (nSPS) is 13.1. The van der Waals surface area contributed by atoms with Gasteiger partial charge in [0.25, 0.3) is 0 Å². The van der Waals surface area contributed by atoms with E-state index in [-0.39, 0.29) is 18.3 Å². The summed E-state index contributed by atoms with van der Waals surface area (Å²) >= 11 is 3.39. The molecule has 0 saturated carbocycles. The van der Waals surface area contributed by atoms with Gasteiger partial charge in [0, 0.05) is 34.1 Å². The highest BCUT2D eigenvalue weighted by molar-refractivity contribution is 8.03. The second-order valence-electron chi connectivity index (χ2n) is 8.28. The van der Waals surface area contributed by atoms with Gasteiger partial charge < -0.3 is 14.9 Å². The molecule has 0 fully saturated rings. The largest absolute Gasteiger partial charge is 0.460 e. The average Bonchev–Trinajstić information content (AvgIpc) is 3.21. The van der Waals surface area contributed by atoms with Crippen molar-refractivity contribution in [2.45, 2.75) is 78.2 Å². The van der Waals surface area contributed by atoms with Crippen LogP contribution in [0.5, 0.6) is 0 Å². The Kier molecular flexibility index (Phi) is 14.3. The van der Waals surface area contributed by atoms with Gasteiger partial charge in [0.05, 0.1) is 0 Å². The summed E-state index contributed by atoms with van der Waals surface area (Å²) in [6.45, 7) is 13.5. The topological polar surface area (TPSA) is 91.2 Å². The first-order valence-electron chi connectivity index (χ1n) is 12.4. The number of esters is 1. The quantitative estimate of drug-likeness (QED) is 0.282. The van der Waals surface area contributed by atoms with Gasteiger partial charge in [0.2, 0.25) is 11.8 Å². The lowest BCUT2D eigenvalue weighted by Gasteiger charge is -2.18. The molecule has 1 heterocycles. The summed E-state index contributed by atoms with van der Waals surface area (Å²) in [5, 5.41) is 8.01. The number of thioether (sulfide) groups is 2. The Bertz CT molecular complexity index is 1050. The minimum absolute atomic E-state index is 0.0254. The Labute approximate surface area is 225 Å². The second-order valence-corrected chi connectivity index (χ2v) is 10.3. The number of aryl methyl sites for hydroxylation is 1. The third kappa shape index (κ3) is 11.1. The fourth-order valence-corrected chi connectivity index (χ4v) is 4.46. The summed E-state index contributed by atoms with van der Waals surface area (Å²) in [6, 6.07) is 8.49. The van der Waals surface area contributed by atoms with Crippen LogP contribution in [0, 0.1) is 0 Å². The van der Waals surface area contributed by atoms with E-state index in [2.05, 4.69) is 58.9 Å². The van der Waals surface area contributed by atoms with Gasteiger partial charge >= 0.3 is 5.97 Å². The lowest BCUT2D eigenvalue weighted by Crippen LogP contribution is -2.24. The van der Waals surface area contributed by atoms with E-state index in [0.717, 1.165) is 21.9 Å². The van der Waals surface area contributed by atoms with E-state index in [0.29, 0.717) is 18.7 Å². The van der Waals surface area contributed by atoms with Gasteiger partial charge in [-0.1, -0.05) is 52.0 Å². The third-order valence-electron chi connectivity index (χ3n) is 4.44. The fourth-order valence-electron chi connectivity index (χ4n) is 3.02. The van der Waals surface area contributed by atoms with Crippen LogP contribution in [-0.2, 0) is 22.4 Å². The van der Waals surface area contributed by atoms with Crippen molar-refractivity contribution in [3.8, 4) is 0 Å². The first-order valence-corrected chi connectivity index (χ1v) is 14.6. The fraction of sp³-hybridized carbons (Fsp3) is 0.464. The first-order chi connectivity index (χ1) is 17.2. The molecule has 8 heteroatoms. The molecule has 1 aromatic carbocycles. The molecule has 0 bridgehead atoms. The van der Waals surface area contributed by atoms with Crippen molar-refractivity contribution in [2.75, 3.05) is 12.0 Å². The zero-order chi connectivity index (χ0) is 27.1. The van der Waals surface area contributed by atoms with Crippen LogP contribution in [0.4, 0.5) is 0 Å². The van der Waals surface area contributed by atoms with Crippen LogP contribution in [0.1, 0.15) is 72.2 Å². The monoisotopic (exact) mass is 531 g/mol. The van der Waals surface area contributed by atoms with Crippen LogP contribution in [0.3, 0.4) is 0 Å². The zero-order valence-corrected chi connectivity index (χ0v) is 24.5. The number of hydrogen-bond acceptors (Lipinski definition) is 8. The van der Waals surface area contributed by atoms with Crippen LogP contribution < -0.4 is 5.73 Å².